The first kappa shape index (κ1) is 13.7. The van der Waals surface area contributed by atoms with Crippen LogP contribution in [0.3, 0.4) is 0 Å². The third-order valence-corrected chi connectivity index (χ3v) is 3.24. The highest BCUT2D eigenvalue weighted by molar-refractivity contribution is 6.42. The van der Waals surface area contributed by atoms with E-state index in [1.54, 1.807) is 36.4 Å². The van der Waals surface area contributed by atoms with Gasteiger partial charge in [-0.2, -0.15) is 0 Å². The first-order chi connectivity index (χ1) is 9.06. The van der Waals surface area contributed by atoms with Crippen LogP contribution < -0.4 is 0 Å². The number of phenols is 1. The fraction of sp³-hybridized carbons (Fsp3) is 0. The van der Waals surface area contributed by atoms with Gasteiger partial charge in [0.1, 0.15) is 5.75 Å². The summed E-state index contributed by atoms with van der Waals surface area (Å²) in [6, 6.07) is 11.3. The quantitative estimate of drug-likeness (QED) is 0.663. The molecule has 1 N–H and O–H groups in total. The molecule has 0 aliphatic heterocycles. The molecule has 4 heteroatoms. The summed E-state index contributed by atoms with van der Waals surface area (Å²) in [5.41, 5.74) is 1.21. The summed E-state index contributed by atoms with van der Waals surface area (Å²) in [4.78, 5) is 11.9. The summed E-state index contributed by atoms with van der Waals surface area (Å²) in [7, 11) is 0. The van der Waals surface area contributed by atoms with Gasteiger partial charge in [-0.05, 0) is 35.9 Å². The standard InChI is InChI=1S/C15H10Cl2O2/c16-13-6-4-10(8-14(13)17)5-7-15(19)11-2-1-3-12(18)9-11/h1-9,18H. The van der Waals surface area contributed by atoms with Crippen LogP contribution in [-0.2, 0) is 0 Å². The van der Waals surface area contributed by atoms with Gasteiger partial charge < -0.3 is 5.11 Å². The lowest BCUT2D eigenvalue weighted by Crippen LogP contribution is -1.93. The van der Waals surface area contributed by atoms with Gasteiger partial charge in [-0.3, -0.25) is 4.79 Å². The number of phenolic OH excluding ortho intramolecular Hbond substituents is 1. The molecule has 0 atom stereocenters. The Kier molecular flexibility index (Phi) is 4.25. The van der Waals surface area contributed by atoms with E-state index < -0.39 is 0 Å². The van der Waals surface area contributed by atoms with E-state index in [2.05, 4.69) is 0 Å². The number of halogens is 2. The monoisotopic (exact) mass is 292 g/mol. The van der Waals surface area contributed by atoms with Gasteiger partial charge in [0.15, 0.2) is 5.78 Å². The number of benzene rings is 2. The van der Waals surface area contributed by atoms with Crippen LogP contribution in [0.4, 0.5) is 0 Å². The molecule has 0 fully saturated rings. The number of hydrogen-bond donors (Lipinski definition) is 1. The van der Waals surface area contributed by atoms with E-state index >= 15 is 0 Å². The van der Waals surface area contributed by atoms with Crippen molar-refractivity contribution in [2.24, 2.45) is 0 Å². The van der Waals surface area contributed by atoms with Crippen molar-refractivity contribution in [3.8, 4) is 5.75 Å². The van der Waals surface area contributed by atoms with Crippen molar-refractivity contribution < 1.29 is 9.90 Å². The summed E-state index contributed by atoms with van der Waals surface area (Å²) in [5.74, 6) is -0.129. The first-order valence-corrected chi connectivity index (χ1v) is 6.28. The molecule has 0 spiro atoms. The molecular formula is C15H10Cl2O2. The van der Waals surface area contributed by atoms with E-state index in [0.717, 1.165) is 5.56 Å². The topological polar surface area (TPSA) is 37.3 Å². The predicted octanol–water partition coefficient (Wildman–Crippen LogP) is 4.60. The molecule has 0 bridgehead atoms. The molecule has 2 nitrogen and oxygen atoms in total. The smallest absolute Gasteiger partial charge is 0.185 e. The summed E-state index contributed by atoms with van der Waals surface area (Å²) in [6.45, 7) is 0. The Balaban J connectivity index is 2.18. The Hall–Kier alpha value is -1.77. The zero-order valence-corrected chi connectivity index (χ0v) is 11.3. The summed E-state index contributed by atoms with van der Waals surface area (Å²) < 4.78 is 0. The second kappa shape index (κ2) is 5.91. The molecule has 0 saturated carbocycles. The van der Waals surface area contributed by atoms with Crippen molar-refractivity contribution >= 4 is 35.1 Å². The van der Waals surface area contributed by atoms with E-state index in [1.165, 1.54) is 18.2 Å². The van der Waals surface area contributed by atoms with Crippen molar-refractivity contribution in [2.45, 2.75) is 0 Å². The van der Waals surface area contributed by atoms with E-state index in [0.29, 0.717) is 15.6 Å². The number of aromatic hydroxyl groups is 1. The van der Waals surface area contributed by atoms with E-state index in [4.69, 9.17) is 23.2 Å². The Morgan fingerprint density at radius 3 is 2.53 bits per heavy atom. The van der Waals surface area contributed by atoms with Gasteiger partial charge in [0.25, 0.3) is 0 Å². The molecule has 0 unspecified atom stereocenters. The molecule has 0 aromatic heterocycles. The zero-order valence-electron chi connectivity index (χ0n) is 9.81. The summed E-state index contributed by atoms with van der Waals surface area (Å²) in [5, 5.41) is 10.2. The highest BCUT2D eigenvalue weighted by Gasteiger charge is 2.02. The van der Waals surface area contributed by atoms with Crippen molar-refractivity contribution in [3.05, 3.63) is 69.7 Å². The molecule has 0 heterocycles. The lowest BCUT2D eigenvalue weighted by atomic mass is 10.1. The third-order valence-electron chi connectivity index (χ3n) is 2.50. The average Bonchev–Trinajstić information content (AvgIpc) is 2.40. The largest absolute Gasteiger partial charge is 0.508 e. The minimum Gasteiger partial charge on any atom is -0.508 e. The number of carbonyl (C=O) groups is 1. The fourth-order valence-electron chi connectivity index (χ4n) is 1.54. The number of ketones is 1. The van der Waals surface area contributed by atoms with Crippen LogP contribution in [0.2, 0.25) is 10.0 Å². The van der Waals surface area contributed by atoms with Crippen LogP contribution in [0.5, 0.6) is 5.75 Å². The SMILES string of the molecule is O=C(C=Cc1ccc(Cl)c(Cl)c1)c1cccc(O)c1. The number of rotatable bonds is 3. The molecule has 0 saturated heterocycles. The summed E-state index contributed by atoms with van der Waals surface area (Å²) >= 11 is 11.7. The highest BCUT2D eigenvalue weighted by atomic mass is 35.5. The van der Waals surface area contributed by atoms with Crippen LogP contribution in [-0.4, -0.2) is 10.9 Å². The van der Waals surface area contributed by atoms with Crippen LogP contribution in [0.1, 0.15) is 15.9 Å². The molecule has 19 heavy (non-hydrogen) atoms. The van der Waals surface area contributed by atoms with Gasteiger partial charge in [-0.1, -0.05) is 47.5 Å². The first-order valence-electron chi connectivity index (χ1n) is 5.53. The predicted molar refractivity (Wildman–Crippen MR) is 77.9 cm³/mol. The van der Waals surface area contributed by atoms with Gasteiger partial charge in [0, 0.05) is 5.56 Å². The minimum atomic E-state index is -0.193. The van der Waals surface area contributed by atoms with Gasteiger partial charge in [0.05, 0.1) is 10.0 Å². The second-order valence-electron chi connectivity index (χ2n) is 3.92. The second-order valence-corrected chi connectivity index (χ2v) is 4.74. The van der Waals surface area contributed by atoms with E-state index in [9.17, 15) is 9.90 Å². The molecule has 2 aromatic rings. The number of carbonyl (C=O) groups excluding carboxylic acids is 1. The average molecular weight is 293 g/mol. The lowest BCUT2D eigenvalue weighted by molar-refractivity contribution is 0.104. The molecule has 2 rings (SSSR count). The van der Waals surface area contributed by atoms with Crippen LogP contribution in [0, 0.1) is 0 Å². The molecular weight excluding hydrogens is 283 g/mol. The van der Waals surface area contributed by atoms with Gasteiger partial charge in [0.2, 0.25) is 0 Å². The maximum Gasteiger partial charge on any atom is 0.185 e. The molecule has 2 aromatic carbocycles. The fourth-order valence-corrected chi connectivity index (χ4v) is 1.85. The lowest BCUT2D eigenvalue weighted by Gasteiger charge is -1.98. The molecule has 0 radical (unpaired) electrons. The Bertz CT molecular complexity index is 648. The van der Waals surface area contributed by atoms with Crippen molar-refractivity contribution in [1.82, 2.24) is 0 Å². The van der Waals surface area contributed by atoms with Crippen LogP contribution in [0.25, 0.3) is 6.08 Å². The zero-order chi connectivity index (χ0) is 13.8. The normalized spacial score (nSPS) is 10.8. The maximum atomic E-state index is 11.9. The third kappa shape index (κ3) is 3.60. The Morgan fingerprint density at radius 1 is 1.05 bits per heavy atom. The number of hydrogen-bond acceptors (Lipinski definition) is 2. The Morgan fingerprint density at radius 2 is 1.84 bits per heavy atom. The summed E-state index contributed by atoms with van der Waals surface area (Å²) in [6.07, 6.45) is 3.07. The van der Waals surface area contributed by atoms with Crippen LogP contribution >= 0.6 is 23.2 Å². The van der Waals surface area contributed by atoms with Gasteiger partial charge in [-0.15, -0.1) is 0 Å². The Labute approximate surface area is 120 Å². The molecule has 96 valence electrons. The highest BCUT2D eigenvalue weighted by Crippen LogP contribution is 2.23. The van der Waals surface area contributed by atoms with Crippen molar-refractivity contribution in [2.75, 3.05) is 0 Å². The maximum absolute atomic E-state index is 11.9. The van der Waals surface area contributed by atoms with E-state index in [-0.39, 0.29) is 11.5 Å². The van der Waals surface area contributed by atoms with Crippen LogP contribution in [0.15, 0.2) is 48.5 Å². The van der Waals surface area contributed by atoms with Gasteiger partial charge in [-0.25, -0.2) is 0 Å². The van der Waals surface area contributed by atoms with Gasteiger partial charge >= 0.3 is 0 Å². The number of allylic oxidation sites excluding steroid dienone is 1. The van der Waals surface area contributed by atoms with Crippen molar-refractivity contribution in [1.29, 1.82) is 0 Å². The van der Waals surface area contributed by atoms with E-state index in [1.807, 2.05) is 0 Å². The molecule has 0 amide bonds. The van der Waals surface area contributed by atoms with Crippen molar-refractivity contribution in [3.63, 3.8) is 0 Å². The minimum absolute atomic E-state index is 0.0637. The molecule has 0 aliphatic rings. The molecule has 0 aliphatic carbocycles.